The lowest BCUT2D eigenvalue weighted by atomic mass is 9.88. The molecule has 0 amide bonds. The molecule has 0 atom stereocenters. The molecule has 0 aliphatic rings. The molecule has 150 valence electrons. The summed E-state index contributed by atoms with van der Waals surface area (Å²) in [4.78, 5) is 16.7. The van der Waals surface area contributed by atoms with Crippen LogP contribution in [-0.4, -0.2) is 31.9 Å². The molecule has 2 aromatic heterocycles. The van der Waals surface area contributed by atoms with Gasteiger partial charge in [0.15, 0.2) is 5.82 Å². The van der Waals surface area contributed by atoms with Crippen LogP contribution in [0.3, 0.4) is 0 Å². The summed E-state index contributed by atoms with van der Waals surface area (Å²) in [6.07, 6.45) is 4.31. The minimum atomic E-state index is 0.0838. The number of rotatable bonds is 8. The SMILES string of the molecule is Cc1ccc2c(c1)nc(NCCCCCC(=O)CC(C)(C)C)c1nnc(C)n12. The van der Waals surface area contributed by atoms with E-state index in [-0.39, 0.29) is 5.41 Å². The van der Waals surface area contributed by atoms with Crippen LogP contribution < -0.4 is 5.32 Å². The van der Waals surface area contributed by atoms with E-state index in [1.54, 1.807) is 0 Å². The fourth-order valence-corrected chi connectivity index (χ4v) is 3.52. The number of carbonyl (C=O) groups excluding carboxylic acids is 1. The van der Waals surface area contributed by atoms with Crippen molar-refractivity contribution >= 4 is 28.3 Å². The number of nitrogens with one attached hydrogen (secondary N) is 1. The maximum atomic E-state index is 12.0. The van der Waals surface area contributed by atoms with Crippen LogP contribution in [0.1, 0.15) is 64.3 Å². The lowest BCUT2D eigenvalue weighted by molar-refractivity contribution is -0.120. The molecule has 0 saturated heterocycles. The van der Waals surface area contributed by atoms with E-state index in [4.69, 9.17) is 4.98 Å². The molecule has 6 heteroatoms. The maximum Gasteiger partial charge on any atom is 0.204 e. The van der Waals surface area contributed by atoms with Crippen molar-refractivity contribution in [2.24, 2.45) is 5.41 Å². The standard InChI is InChI=1S/C22H31N5O/c1-15-10-11-19-18(13-15)24-20(21-26-25-16(2)27(19)21)23-12-8-6-7-9-17(28)14-22(3,4)5/h10-11,13H,6-9,12,14H2,1-5H3,(H,23,24). The Balaban J connectivity index is 1.59. The van der Waals surface area contributed by atoms with Gasteiger partial charge in [0.05, 0.1) is 11.0 Å². The molecule has 3 rings (SSSR count). The van der Waals surface area contributed by atoms with Crippen molar-refractivity contribution in [3.8, 4) is 0 Å². The predicted octanol–water partition coefficient (Wildman–Crippen LogP) is 4.87. The Bertz CT molecular complexity index is 984. The van der Waals surface area contributed by atoms with Crippen LogP contribution in [0.15, 0.2) is 18.2 Å². The second kappa shape index (κ2) is 8.25. The van der Waals surface area contributed by atoms with Gasteiger partial charge in [0.2, 0.25) is 5.65 Å². The highest BCUT2D eigenvalue weighted by atomic mass is 16.1. The summed E-state index contributed by atoms with van der Waals surface area (Å²) in [5, 5.41) is 12.0. The number of nitrogens with zero attached hydrogens (tertiary/aromatic N) is 4. The minimum absolute atomic E-state index is 0.0838. The van der Waals surface area contributed by atoms with Crippen LogP contribution in [0.25, 0.3) is 16.7 Å². The van der Waals surface area contributed by atoms with Crippen LogP contribution in [0.5, 0.6) is 0 Å². The van der Waals surface area contributed by atoms with E-state index in [2.05, 4.69) is 65.8 Å². The number of aryl methyl sites for hydroxylation is 2. The molecule has 0 aliphatic heterocycles. The highest BCUT2D eigenvalue weighted by Gasteiger charge is 2.15. The molecule has 3 aromatic rings. The third-order valence-electron chi connectivity index (χ3n) is 4.79. The van der Waals surface area contributed by atoms with Crippen molar-refractivity contribution in [1.82, 2.24) is 19.6 Å². The van der Waals surface area contributed by atoms with Crippen molar-refractivity contribution in [3.05, 3.63) is 29.6 Å². The van der Waals surface area contributed by atoms with Crippen molar-refractivity contribution in [3.63, 3.8) is 0 Å². The fourth-order valence-electron chi connectivity index (χ4n) is 3.52. The van der Waals surface area contributed by atoms with Crippen molar-refractivity contribution in [2.45, 2.75) is 66.7 Å². The second-order valence-electron chi connectivity index (χ2n) is 8.87. The smallest absolute Gasteiger partial charge is 0.204 e. The summed E-state index contributed by atoms with van der Waals surface area (Å²) in [6, 6.07) is 6.23. The number of anilines is 1. The highest BCUT2D eigenvalue weighted by molar-refractivity contribution is 5.83. The van der Waals surface area contributed by atoms with Gasteiger partial charge in [-0.05, 0) is 49.8 Å². The lowest BCUT2D eigenvalue weighted by Gasteiger charge is -2.16. The van der Waals surface area contributed by atoms with Gasteiger partial charge in [-0.2, -0.15) is 0 Å². The Hall–Kier alpha value is -2.50. The number of benzene rings is 1. The zero-order valence-corrected chi connectivity index (χ0v) is 17.7. The number of ketones is 1. The quantitative estimate of drug-likeness (QED) is 0.564. The van der Waals surface area contributed by atoms with Gasteiger partial charge in [0.1, 0.15) is 11.6 Å². The van der Waals surface area contributed by atoms with Gasteiger partial charge < -0.3 is 5.32 Å². The van der Waals surface area contributed by atoms with Crippen molar-refractivity contribution in [1.29, 1.82) is 0 Å². The van der Waals surface area contributed by atoms with Gasteiger partial charge in [-0.3, -0.25) is 9.20 Å². The first-order valence-corrected chi connectivity index (χ1v) is 10.1. The highest BCUT2D eigenvalue weighted by Crippen LogP contribution is 2.23. The van der Waals surface area contributed by atoms with Crippen LogP contribution in [0.4, 0.5) is 5.82 Å². The van der Waals surface area contributed by atoms with E-state index in [1.807, 2.05) is 6.92 Å². The molecule has 0 radical (unpaired) electrons. The summed E-state index contributed by atoms with van der Waals surface area (Å²) in [5.41, 5.74) is 3.97. The van der Waals surface area contributed by atoms with Crippen LogP contribution >= 0.6 is 0 Å². The number of carbonyl (C=O) groups is 1. The molecule has 1 aromatic carbocycles. The van der Waals surface area contributed by atoms with E-state index in [0.29, 0.717) is 18.6 Å². The molecular formula is C22H31N5O. The van der Waals surface area contributed by atoms with Gasteiger partial charge in [-0.1, -0.05) is 33.3 Å². The first-order valence-electron chi connectivity index (χ1n) is 10.1. The minimum Gasteiger partial charge on any atom is -0.367 e. The summed E-state index contributed by atoms with van der Waals surface area (Å²) in [7, 11) is 0. The molecule has 28 heavy (non-hydrogen) atoms. The maximum absolute atomic E-state index is 12.0. The Morgan fingerprint density at radius 2 is 1.89 bits per heavy atom. The van der Waals surface area contributed by atoms with E-state index in [0.717, 1.165) is 54.1 Å². The van der Waals surface area contributed by atoms with Gasteiger partial charge in [-0.15, -0.1) is 10.2 Å². The molecule has 1 N–H and O–H groups in total. The first kappa shape index (κ1) is 20.2. The summed E-state index contributed by atoms with van der Waals surface area (Å²) >= 11 is 0. The number of Topliss-reactive ketones (excluding diaryl/α,β-unsaturated/α-hetero) is 1. The molecule has 0 unspecified atom stereocenters. The van der Waals surface area contributed by atoms with E-state index in [9.17, 15) is 4.79 Å². The number of hydrogen-bond acceptors (Lipinski definition) is 5. The first-order chi connectivity index (χ1) is 13.2. The van der Waals surface area contributed by atoms with E-state index < -0.39 is 0 Å². The number of aromatic nitrogens is 4. The van der Waals surface area contributed by atoms with Crippen LogP contribution in [0, 0.1) is 19.3 Å². The Kier molecular flexibility index (Phi) is 5.96. The third kappa shape index (κ3) is 4.86. The molecule has 0 spiro atoms. The number of unbranched alkanes of at least 4 members (excludes halogenated alkanes) is 2. The zero-order valence-electron chi connectivity index (χ0n) is 17.7. The molecule has 0 aliphatic carbocycles. The zero-order chi connectivity index (χ0) is 20.3. The summed E-state index contributed by atoms with van der Waals surface area (Å²) in [6.45, 7) is 11.2. The average molecular weight is 382 g/mol. The predicted molar refractivity (Wildman–Crippen MR) is 114 cm³/mol. The van der Waals surface area contributed by atoms with Crippen LogP contribution in [0.2, 0.25) is 0 Å². The normalized spacial score (nSPS) is 12.0. The largest absolute Gasteiger partial charge is 0.367 e. The number of hydrogen-bond donors (Lipinski definition) is 1. The van der Waals surface area contributed by atoms with Gasteiger partial charge in [-0.25, -0.2) is 4.98 Å². The van der Waals surface area contributed by atoms with Gasteiger partial charge in [0, 0.05) is 19.4 Å². The van der Waals surface area contributed by atoms with E-state index in [1.165, 1.54) is 5.56 Å². The summed E-state index contributed by atoms with van der Waals surface area (Å²) in [5.74, 6) is 1.99. The molecular weight excluding hydrogens is 350 g/mol. The Labute approximate surface area is 166 Å². The second-order valence-corrected chi connectivity index (χ2v) is 8.87. The van der Waals surface area contributed by atoms with Crippen molar-refractivity contribution in [2.75, 3.05) is 11.9 Å². The molecule has 2 heterocycles. The molecule has 0 saturated carbocycles. The third-order valence-corrected chi connectivity index (χ3v) is 4.79. The molecule has 0 bridgehead atoms. The van der Waals surface area contributed by atoms with Crippen LogP contribution in [-0.2, 0) is 4.79 Å². The van der Waals surface area contributed by atoms with Crippen molar-refractivity contribution < 1.29 is 4.79 Å². The molecule has 6 nitrogen and oxygen atoms in total. The molecule has 0 fully saturated rings. The number of fused-ring (bicyclic) bond motifs is 3. The topological polar surface area (TPSA) is 72.2 Å². The fraction of sp³-hybridized carbons (Fsp3) is 0.545. The Morgan fingerprint density at radius 1 is 1.11 bits per heavy atom. The monoisotopic (exact) mass is 381 g/mol. The average Bonchev–Trinajstić information content (AvgIpc) is 2.98. The van der Waals surface area contributed by atoms with Gasteiger partial charge >= 0.3 is 0 Å². The summed E-state index contributed by atoms with van der Waals surface area (Å²) < 4.78 is 2.05. The van der Waals surface area contributed by atoms with Gasteiger partial charge in [0.25, 0.3) is 0 Å². The Morgan fingerprint density at radius 3 is 2.64 bits per heavy atom. The van der Waals surface area contributed by atoms with E-state index >= 15 is 0 Å². The lowest BCUT2D eigenvalue weighted by Crippen LogP contribution is -2.12.